The van der Waals surface area contributed by atoms with Crippen molar-refractivity contribution in [2.75, 3.05) is 6.54 Å². The van der Waals surface area contributed by atoms with Gasteiger partial charge >= 0.3 is 0 Å². The first-order valence-corrected chi connectivity index (χ1v) is 8.16. The van der Waals surface area contributed by atoms with Gasteiger partial charge in [-0.3, -0.25) is 0 Å². The lowest BCUT2D eigenvalue weighted by molar-refractivity contribution is -0.0110. The molecule has 0 aliphatic heterocycles. The Morgan fingerprint density at radius 2 is 2.05 bits per heavy atom. The summed E-state index contributed by atoms with van der Waals surface area (Å²) < 4.78 is 13.8. The molecule has 1 aromatic carbocycles. The molecule has 3 heteroatoms. The molecule has 1 saturated carbocycles. The van der Waals surface area contributed by atoms with E-state index < -0.39 is 6.10 Å². The van der Waals surface area contributed by atoms with Crippen molar-refractivity contribution in [2.24, 2.45) is 17.1 Å². The third kappa shape index (κ3) is 3.46. The highest BCUT2D eigenvalue weighted by molar-refractivity contribution is 5.26. The summed E-state index contributed by atoms with van der Waals surface area (Å²) in [5.41, 5.74) is 7.00. The lowest BCUT2D eigenvalue weighted by Gasteiger charge is -2.43. The van der Waals surface area contributed by atoms with Crippen LogP contribution in [0.5, 0.6) is 0 Å². The number of halogens is 1. The Morgan fingerprint density at radius 3 is 2.57 bits per heavy atom. The van der Waals surface area contributed by atoms with Crippen LogP contribution in [0.2, 0.25) is 0 Å². The smallest absolute Gasteiger partial charge is 0.126 e. The summed E-state index contributed by atoms with van der Waals surface area (Å²) >= 11 is 0. The van der Waals surface area contributed by atoms with Gasteiger partial charge in [-0.2, -0.15) is 0 Å². The van der Waals surface area contributed by atoms with Crippen molar-refractivity contribution in [3.8, 4) is 0 Å². The predicted molar refractivity (Wildman–Crippen MR) is 84.5 cm³/mol. The molecule has 0 saturated heterocycles. The lowest BCUT2D eigenvalue weighted by atomic mass is 9.65. The Labute approximate surface area is 127 Å². The molecule has 118 valence electrons. The average molecular weight is 293 g/mol. The van der Waals surface area contributed by atoms with Gasteiger partial charge in [-0.1, -0.05) is 31.9 Å². The van der Waals surface area contributed by atoms with E-state index in [-0.39, 0.29) is 11.2 Å². The lowest BCUT2D eigenvalue weighted by Crippen LogP contribution is -2.40. The van der Waals surface area contributed by atoms with Crippen molar-refractivity contribution in [3.05, 3.63) is 35.1 Å². The Bertz CT molecular complexity index is 466. The van der Waals surface area contributed by atoms with E-state index in [0.29, 0.717) is 17.7 Å². The van der Waals surface area contributed by atoms with E-state index in [1.807, 2.05) is 6.07 Å². The van der Waals surface area contributed by atoms with Gasteiger partial charge in [0.15, 0.2) is 0 Å². The van der Waals surface area contributed by atoms with Gasteiger partial charge in [0.1, 0.15) is 5.82 Å². The molecule has 2 rings (SSSR count). The van der Waals surface area contributed by atoms with Crippen LogP contribution in [0.25, 0.3) is 0 Å². The summed E-state index contributed by atoms with van der Waals surface area (Å²) in [5, 5.41) is 10.8. The van der Waals surface area contributed by atoms with Crippen molar-refractivity contribution < 1.29 is 9.50 Å². The second-order valence-electron chi connectivity index (χ2n) is 6.71. The minimum Gasteiger partial charge on any atom is -0.388 e. The fourth-order valence-electron chi connectivity index (χ4n) is 3.67. The van der Waals surface area contributed by atoms with Crippen LogP contribution < -0.4 is 5.73 Å². The van der Waals surface area contributed by atoms with Crippen LogP contribution in [0.3, 0.4) is 0 Å². The van der Waals surface area contributed by atoms with Gasteiger partial charge in [-0.25, -0.2) is 4.39 Å². The van der Waals surface area contributed by atoms with Crippen LogP contribution in [-0.4, -0.2) is 11.7 Å². The normalized spacial score (nSPS) is 27.6. The number of aliphatic hydroxyl groups is 1. The number of aliphatic hydroxyl groups excluding tert-OH is 1. The number of rotatable bonds is 5. The third-order valence-electron chi connectivity index (χ3n) is 5.30. The fraction of sp³-hybridized carbons (Fsp3) is 0.667. The zero-order valence-corrected chi connectivity index (χ0v) is 13.2. The highest BCUT2D eigenvalue weighted by Crippen LogP contribution is 2.47. The van der Waals surface area contributed by atoms with E-state index in [2.05, 4.69) is 6.92 Å². The maximum Gasteiger partial charge on any atom is 0.126 e. The summed E-state index contributed by atoms with van der Waals surface area (Å²) in [6.45, 7) is 4.41. The summed E-state index contributed by atoms with van der Waals surface area (Å²) in [7, 11) is 0. The van der Waals surface area contributed by atoms with Gasteiger partial charge in [-0.15, -0.1) is 0 Å². The molecule has 0 amide bonds. The van der Waals surface area contributed by atoms with Gasteiger partial charge < -0.3 is 10.8 Å². The standard InChI is InChI=1S/C18H28FNO/c1-3-4-14-7-9-18(12-20,10-8-14)17(21)15-6-5-13(2)16(19)11-15/h5-6,11,14,17,21H,3-4,7-10,12,20H2,1-2H3. The Morgan fingerprint density at radius 1 is 1.38 bits per heavy atom. The third-order valence-corrected chi connectivity index (χ3v) is 5.30. The SMILES string of the molecule is CCCC1CCC(CN)(C(O)c2ccc(C)c(F)c2)CC1. The van der Waals surface area contributed by atoms with Gasteiger partial charge in [0.25, 0.3) is 0 Å². The Balaban J connectivity index is 2.15. The average Bonchev–Trinajstić information content (AvgIpc) is 2.51. The second kappa shape index (κ2) is 6.89. The molecule has 0 spiro atoms. The summed E-state index contributed by atoms with van der Waals surface area (Å²) in [4.78, 5) is 0. The van der Waals surface area contributed by atoms with E-state index in [4.69, 9.17) is 5.73 Å². The van der Waals surface area contributed by atoms with Crippen LogP contribution >= 0.6 is 0 Å². The van der Waals surface area contributed by atoms with E-state index in [9.17, 15) is 9.50 Å². The number of benzene rings is 1. The maximum absolute atomic E-state index is 13.8. The van der Waals surface area contributed by atoms with Crippen LogP contribution in [0.1, 0.15) is 62.7 Å². The van der Waals surface area contributed by atoms with Crippen LogP contribution in [0, 0.1) is 24.1 Å². The number of nitrogens with two attached hydrogens (primary N) is 1. The minimum atomic E-state index is -0.667. The van der Waals surface area contributed by atoms with Crippen molar-refractivity contribution in [2.45, 2.75) is 58.5 Å². The molecule has 3 N–H and O–H groups in total. The van der Waals surface area contributed by atoms with Gasteiger partial charge in [-0.05, 0) is 55.7 Å². The number of hydrogen-bond acceptors (Lipinski definition) is 2. The fourth-order valence-corrected chi connectivity index (χ4v) is 3.67. The van der Waals surface area contributed by atoms with E-state index in [0.717, 1.165) is 31.6 Å². The van der Waals surface area contributed by atoms with Crippen molar-refractivity contribution in [1.29, 1.82) is 0 Å². The van der Waals surface area contributed by atoms with E-state index >= 15 is 0 Å². The van der Waals surface area contributed by atoms with Crippen LogP contribution in [0.4, 0.5) is 4.39 Å². The molecule has 0 radical (unpaired) electrons. The summed E-state index contributed by atoms with van der Waals surface area (Å²) in [6, 6.07) is 5.04. The molecular weight excluding hydrogens is 265 g/mol. The summed E-state index contributed by atoms with van der Waals surface area (Å²) in [5.74, 6) is 0.509. The topological polar surface area (TPSA) is 46.2 Å². The first kappa shape index (κ1) is 16.4. The van der Waals surface area contributed by atoms with Gasteiger partial charge in [0, 0.05) is 12.0 Å². The zero-order valence-electron chi connectivity index (χ0n) is 13.2. The number of hydrogen-bond donors (Lipinski definition) is 2. The molecule has 1 fully saturated rings. The predicted octanol–water partition coefficient (Wildman–Crippen LogP) is 4.10. The molecule has 0 bridgehead atoms. The minimum absolute atomic E-state index is 0.251. The second-order valence-corrected chi connectivity index (χ2v) is 6.71. The van der Waals surface area contributed by atoms with Crippen molar-refractivity contribution >= 4 is 0 Å². The largest absolute Gasteiger partial charge is 0.388 e. The summed E-state index contributed by atoms with van der Waals surface area (Å²) in [6.07, 6.45) is 5.92. The van der Waals surface area contributed by atoms with Gasteiger partial charge in [0.2, 0.25) is 0 Å². The molecule has 2 nitrogen and oxygen atoms in total. The van der Waals surface area contributed by atoms with Crippen molar-refractivity contribution in [1.82, 2.24) is 0 Å². The number of aryl methyl sites for hydroxylation is 1. The van der Waals surface area contributed by atoms with Crippen molar-refractivity contribution in [3.63, 3.8) is 0 Å². The van der Waals surface area contributed by atoms with E-state index in [1.54, 1.807) is 13.0 Å². The first-order valence-electron chi connectivity index (χ1n) is 8.16. The zero-order chi connectivity index (χ0) is 15.5. The van der Waals surface area contributed by atoms with Crippen LogP contribution in [-0.2, 0) is 0 Å². The van der Waals surface area contributed by atoms with E-state index in [1.165, 1.54) is 18.9 Å². The molecule has 1 aromatic rings. The maximum atomic E-state index is 13.8. The monoisotopic (exact) mass is 293 g/mol. The molecule has 1 unspecified atom stereocenters. The van der Waals surface area contributed by atoms with Gasteiger partial charge in [0.05, 0.1) is 6.10 Å². The molecular formula is C18H28FNO. The first-order chi connectivity index (χ1) is 10.0. The molecule has 0 aromatic heterocycles. The Hall–Kier alpha value is -0.930. The molecule has 21 heavy (non-hydrogen) atoms. The van der Waals surface area contributed by atoms with Crippen LogP contribution in [0.15, 0.2) is 18.2 Å². The quantitative estimate of drug-likeness (QED) is 0.858. The highest BCUT2D eigenvalue weighted by atomic mass is 19.1. The highest BCUT2D eigenvalue weighted by Gasteiger charge is 2.40. The molecule has 1 aliphatic carbocycles. The molecule has 1 aliphatic rings. The molecule has 1 atom stereocenters. The molecule has 0 heterocycles. The Kier molecular flexibility index (Phi) is 5.39.